The van der Waals surface area contributed by atoms with Crippen LogP contribution in [-0.4, -0.2) is 17.7 Å². The molecule has 0 aliphatic carbocycles. The molecule has 2 aromatic carbocycles. The van der Waals surface area contributed by atoms with Crippen LogP contribution in [0.2, 0.25) is 5.02 Å². The number of hydrogen-bond acceptors (Lipinski definition) is 2. The normalized spacial score (nSPS) is 10.2. The molecule has 0 heterocycles. The summed E-state index contributed by atoms with van der Waals surface area (Å²) in [6.07, 6.45) is 0.776. The highest BCUT2D eigenvalue weighted by atomic mass is 35.5. The molecule has 98 valence electrons. The number of carboxylic acids is 1. The van der Waals surface area contributed by atoms with E-state index >= 15 is 0 Å². The third-order valence-corrected chi connectivity index (χ3v) is 2.93. The maximum atomic E-state index is 10.7. The van der Waals surface area contributed by atoms with E-state index in [1.165, 1.54) is 12.1 Å². The quantitative estimate of drug-likeness (QED) is 0.906. The van der Waals surface area contributed by atoms with Crippen molar-refractivity contribution in [3.8, 4) is 5.75 Å². The average Bonchev–Trinajstić information content (AvgIpc) is 2.41. The molecular formula is C15H13ClO3. The Morgan fingerprint density at radius 3 is 2.26 bits per heavy atom. The lowest BCUT2D eigenvalue weighted by atomic mass is 10.2. The first-order valence-corrected chi connectivity index (χ1v) is 6.23. The number of carboxylic acid groups (broad SMARTS) is 1. The molecule has 0 bridgehead atoms. The van der Waals surface area contributed by atoms with Crippen LogP contribution in [-0.2, 0) is 6.42 Å². The van der Waals surface area contributed by atoms with Crippen molar-refractivity contribution in [2.45, 2.75) is 6.42 Å². The third-order valence-electron chi connectivity index (χ3n) is 2.67. The number of carbonyl (C=O) groups is 1. The third kappa shape index (κ3) is 4.00. The second-order valence-corrected chi connectivity index (χ2v) is 4.49. The van der Waals surface area contributed by atoms with Gasteiger partial charge < -0.3 is 9.84 Å². The fraction of sp³-hybridized carbons (Fsp3) is 0.133. The zero-order valence-electron chi connectivity index (χ0n) is 10.2. The van der Waals surface area contributed by atoms with Crippen molar-refractivity contribution in [1.29, 1.82) is 0 Å². The molecule has 2 rings (SSSR count). The monoisotopic (exact) mass is 276 g/mol. The summed E-state index contributed by atoms with van der Waals surface area (Å²) >= 11 is 5.80. The van der Waals surface area contributed by atoms with Crippen molar-refractivity contribution in [3.63, 3.8) is 0 Å². The molecule has 0 aromatic heterocycles. The van der Waals surface area contributed by atoms with Crippen LogP contribution >= 0.6 is 11.6 Å². The number of ether oxygens (including phenoxy) is 1. The molecule has 0 aliphatic rings. The van der Waals surface area contributed by atoms with E-state index in [1.54, 1.807) is 12.1 Å². The Hall–Kier alpha value is -2.00. The summed E-state index contributed by atoms with van der Waals surface area (Å²) in [5.74, 6) is -0.272. The van der Waals surface area contributed by atoms with Gasteiger partial charge in [-0.25, -0.2) is 4.79 Å². The van der Waals surface area contributed by atoms with Crippen LogP contribution in [0, 0.1) is 0 Å². The van der Waals surface area contributed by atoms with Gasteiger partial charge in [0.1, 0.15) is 5.75 Å². The molecule has 2 aromatic rings. The Morgan fingerprint density at radius 2 is 1.68 bits per heavy atom. The number of rotatable bonds is 5. The van der Waals surface area contributed by atoms with E-state index in [4.69, 9.17) is 21.4 Å². The molecular weight excluding hydrogens is 264 g/mol. The van der Waals surface area contributed by atoms with E-state index < -0.39 is 5.97 Å². The first-order valence-electron chi connectivity index (χ1n) is 5.86. The Kier molecular flexibility index (Phi) is 4.42. The van der Waals surface area contributed by atoms with Gasteiger partial charge in [-0.1, -0.05) is 23.7 Å². The summed E-state index contributed by atoms with van der Waals surface area (Å²) in [5, 5.41) is 9.49. The molecule has 3 nitrogen and oxygen atoms in total. The molecule has 1 N–H and O–H groups in total. The standard InChI is InChI=1S/C15H13ClO3/c16-13-5-1-11(2-6-13)9-10-19-14-7-3-12(4-8-14)15(17)18/h1-8H,9-10H2,(H,17,18). The van der Waals surface area contributed by atoms with Crippen molar-refractivity contribution in [3.05, 3.63) is 64.7 Å². The van der Waals surface area contributed by atoms with Crippen LogP contribution in [0.25, 0.3) is 0 Å². The summed E-state index contributed by atoms with van der Waals surface area (Å²) < 4.78 is 5.55. The van der Waals surface area contributed by atoms with Crippen LogP contribution in [0.4, 0.5) is 0 Å². The second-order valence-electron chi connectivity index (χ2n) is 4.05. The predicted molar refractivity (Wildman–Crippen MR) is 74.1 cm³/mol. The predicted octanol–water partition coefficient (Wildman–Crippen LogP) is 3.66. The topological polar surface area (TPSA) is 46.5 Å². The van der Waals surface area contributed by atoms with E-state index in [1.807, 2.05) is 24.3 Å². The summed E-state index contributed by atoms with van der Waals surface area (Å²) in [5.41, 5.74) is 1.40. The number of benzene rings is 2. The molecule has 0 radical (unpaired) electrons. The van der Waals surface area contributed by atoms with Crippen molar-refractivity contribution in [2.24, 2.45) is 0 Å². The van der Waals surface area contributed by atoms with Crippen LogP contribution in [0.1, 0.15) is 15.9 Å². The van der Waals surface area contributed by atoms with Crippen molar-refractivity contribution in [1.82, 2.24) is 0 Å². The van der Waals surface area contributed by atoms with Gasteiger partial charge in [-0.3, -0.25) is 0 Å². The fourth-order valence-electron chi connectivity index (χ4n) is 1.63. The van der Waals surface area contributed by atoms with E-state index in [2.05, 4.69) is 0 Å². The van der Waals surface area contributed by atoms with E-state index in [9.17, 15) is 4.79 Å². The SMILES string of the molecule is O=C(O)c1ccc(OCCc2ccc(Cl)cc2)cc1. The number of aromatic carboxylic acids is 1. The summed E-state index contributed by atoms with van der Waals surface area (Å²) in [6, 6.07) is 14.0. The smallest absolute Gasteiger partial charge is 0.335 e. The van der Waals surface area contributed by atoms with E-state index in [-0.39, 0.29) is 5.56 Å². The maximum Gasteiger partial charge on any atom is 0.335 e. The Morgan fingerprint density at radius 1 is 1.05 bits per heavy atom. The molecule has 19 heavy (non-hydrogen) atoms. The number of hydrogen-bond donors (Lipinski definition) is 1. The largest absolute Gasteiger partial charge is 0.493 e. The molecule has 0 atom stereocenters. The Bertz CT molecular complexity index is 547. The molecule has 0 unspecified atom stereocenters. The van der Waals surface area contributed by atoms with Gasteiger partial charge in [0.2, 0.25) is 0 Å². The van der Waals surface area contributed by atoms with Crippen LogP contribution in [0.5, 0.6) is 5.75 Å². The highest BCUT2D eigenvalue weighted by Gasteiger charge is 2.02. The molecule has 0 aliphatic heterocycles. The lowest BCUT2D eigenvalue weighted by Gasteiger charge is -2.06. The molecule has 0 saturated carbocycles. The van der Waals surface area contributed by atoms with Gasteiger partial charge in [0.05, 0.1) is 12.2 Å². The number of halogens is 1. The molecule has 0 spiro atoms. The van der Waals surface area contributed by atoms with Crippen LogP contribution in [0.15, 0.2) is 48.5 Å². The zero-order chi connectivity index (χ0) is 13.7. The Labute approximate surface area is 116 Å². The highest BCUT2D eigenvalue weighted by Crippen LogP contribution is 2.14. The van der Waals surface area contributed by atoms with Gasteiger partial charge >= 0.3 is 5.97 Å². The minimum absolute atomic E-state index is 0.255. The minimum atomic E-state index is -0.937. The molecule has 0 fully saturated rings. The van der Waals surface area contributed by atoms with Crippen LogP contribution < -0.4 is 4.74 Å². The molecule has 0 amide bonds. The first-order chi connectivity index (χ1) is 9.15. The van der Waals surface area contributed by atoms with Gasteiger partial charge in [0.25, 0.3) is 0 Å². The summed E-state index contributed by atoms with van der Waals surface area (Å²) in [7, 11) is 0. The van der Waals surface area contributed by atoms with Crippen molar-refractivity contribution < 1.29 is 14.6 Å². The second kappa shape index (κ2) is 6.25. The lowest BCUT2D eigenvalue weighted by molar-refractivity contribution is 0.0697. The maximum absolute atomic E-state index is 10.7. The summed E-state index contributed by atoms with van der Waals surface area (Å²) in [6.45, 7) is 0.536. The van der Waals surface area contributed by atoms with E-state index in [0.29, 0.717) is 17.4 Å². The molecule has 0 saturated heterocycles. The van der Waals surface area contributed by atoms with Gasteiger partial charge in [-0.15, -0.1) is 0 Å². The van der Waals surface area contributed by atoms with Gasteiger partial charge in [0, 0.05) is 11.4 Å². The van der Waals surface area contributed by atoms with Crippen molar-refractivity contribution in [2.75, 3.05) is 6.61 Å². The van der Waals surface area contributed by atoms with E-state index in [0.717, 1.165) is 12.0 Å². The lowest BCUT2D eigenvalue weighted by Crippen LogP contribution is -2.02. The molecule has 4 heteroatoms. The van der Waals surface area contributed by atoms with Gasteiger partial charge in [-0.05, 0) is 42.0 Å². The summed E-state index contributed by atoms with van der Waals surface area (Å²) in [4.78, 5) is 10.7. The fourth-order valence-corrected chi connectivity index (χ4v) is 1.76. The minimum Gasteiger partial charge on any atom is -0.493 e. The van der Waals surface area contributed by atoms with Gasteiger partial charge in [0.15, 0.2) is 0 Å². The average molecular weight is 277 g/mol. The van der Waals surface area contributed by atoms with Crippen LogP contribution in [0.3, 0.4) is 0 Å². The van der Waals surface area contributed by atoms with Gasteiger partial charge in [-0.2, -0.15) is 0 Å². The van der Waals surface area contributed by atoms with Crippen molar-refractivity contribution >= 4 is 17.6 Å². The first kappa shape index (κ1) is 13.4. The zero-order valence-corrected chi connectivity index (χ0v) is 10.9. The highest BCUT2D eigenvalue weighted by molar-refractivity contribution is 6.30. The Balaban J connectivity index is 1.85.